The molecular formula is C19H20N2O2. The molecule has 1 heterocycles. The van der Waals surface area contributed by atoms with Crippen LogP contribution in [0.3, 0.4) is 0 Å². The summed E-state index contributed by atoms with van der Waals surface area (Å²) in [5, 5.41) is 2.87. The summed E-state index contributed by atoms with van der Waals surface area (Å²) < 4.78 is 5.85. The van der Waals surface area contributed by atoms with Crippen LogP contribution in [0.15, 0.2) is 46.9 Å². The van der Waals surface area contributed by atoms with Gasteiger partial charge in [-0.25, -0.2) is 4.98 Å². The lowest BCUT2D eigenvalue weighted by atomic mass is 10.1. The molecule has 0 fully saturated rings. The summed E-state index contributed by atoms with van der Waals surface area (Å²) >= 11 is 0. The van der Waals surface area contributed by atoms with Crippen molar-refractivity contribution in [2.75, 3.05) is 5.32 Å². The number of rotatable bonds is 5. The van der Waals surface area contributed by atoms with Gasteiger partial charge < -0.3 is 9.73 Å². The molecule has 3 aromatic rings. The number of nitrogens with one attached hydrogen (secondary N) is 1. The number of carbonyl (C=O) groups excluding carboxylic acids is 1. The summed E-state index contributed by atoms with van der Waals surface area (Å²) in [4.78, 5) is 16.2. The van der Waals surface area contributed by atoms with Crippen molar-refractivity contribution in [3.8, 4) is 11.5 Å². The van der Waals surface area contributed by atoms with Crippen molar-refractivity contribution in [1.82, 2.24) is 4.98 Å². The Morgan fingerprint density at radius 2 is 1.91 bits per heavy atom. The summed E-state index contributed by atoms with van der Waals surface area (Å²) in [6, 6.07) is 13.7. The number of carbonyl (C=O) groups is 1. The second-order valence-electron chi connectivity index (χ2n) is 5.55. The molecule has 1 N–H and O–H groups in total. The zero-order valence-electron chi connectivity index (χ0n) is 13.4. The minimum absolute atomic E-state index is 0.0155. The van der Waals surface area contributed by atoms with E-state index in [1.807, 2.05) is 37.3 Å². The quantitative estimate of drug-likeness (QED) is 0.737. The summed E-state index contributed by atoms with van der Waals surface area (Å²) in [6.45, 7) is 4.11. The predicted octanol–water partition coefficient (Wildman–Crippen LogP) is 4.80. The standard InChI is InChI=1S/C19H20N2O2/c1-3-5-18(22)20-15-10-11-16-17(12-15)23-19(21-16)14-8-6-13(4-2)7-9-14/h6-12H,3-5H2,1-2H3,(H,20,22). The number of nitrogens with zero attached hydrogens (tertiary/aromatic N) is 1. The van der Waals surface area contributed by atoms with E-state index in [-0.39, 0.29) is 5.91 Å². The second kappa shape index (κ2) is 6.65. The normalized spacial score (nSPS) is 10.9. The number of amides is 1. The molecule has 3 rings (SSSR count). The largest absolute Gasteiger partial charge is 0.436 e. The molecule has 0 spiro atoms. The van der Waals surface area contributed by atoms with Gasteiger partial charge in [0.25, 0.3) is 0 Å². The van der Waals surface area contributed by atoms with Crippen LogP contribution in [0.25, 0.3) is 22.6 Å². The Morgan fingerprint density at radius 1 is 1.13 bits per heavy atom. The number of hydrogen-bond acceptors (Lipinski definition) is 3. The number of aromatic nitrogens is 1. The average molecular weight is 308 g/mol. The van der Waals surface area contributed by atoms with Crippen LogP contribution in [-0.2, 0) is 11.2 Å². The van der Waals surface area contributed by atoms with Gasteiger partial charge in [0.05, 0.1) is 0 Å². The fraction of sp³-hybridized carbons (Fsp3) is 0.263. The number of benzene rings is 2. The molecule has 0 atom stereocenters. The van der Waals surface area contributed by atoms with Crippen LogP contribution in [0.2, 0.25) is 0 Å². The Hall–Kier alpha value is -2.62. The third kappa shape index (κ3) is 3.42. The molecule has 0 unspecified atom stereocenters. The lowest BCUT2D eigenvalue weighted by Gasteiger charge is -2.02. The third-order valence-electron chi connectivity index (χ3n) is 3.76. The van der Waals surface area contributed by atoms with Gasteiger partial charge in [-0.05, 0) is 42.7 Å². The van der Waals surface area contributed by atoms with Crippen LogP contribution in [0.5, 0.6) is 0 Å². The number of hydrogen-bond donors (Lipinski definition) is 1. The molecule has 0 aliphatic rings. The lowest BCUT2D eigenvalue weighted by molar-refractivity contribution is -0.116. The minimum atomic E-state index is 0.0155. The zero-order valence-corrected chi connectivity index (χ0v) is 13.4. The van der Waals surface area contributed by atoms with Gasteiger partial charge in [-0.2, -0.15) is 0 Å². The predicted molar refractivity (Wildman–Crippen MR) is 92.4 cm³/mol. The highest BCUT2D eigenvalue weighted by Gasteiger charge is 2.09. The van der Waals surface area contributed by atoms with E-state index in [4.69, 9.17) is 4.42 Å². The summed E-state index contributed by atoms with van der Waals surface area (Å²) in [6.07, 6.45) is 2.35. The summed E-state index contributed by atoms with van der Waals surface area (Å²) in [5.74, 6) is 0.612. The highest BCUT2D eigenvalue weighted by Crippen LogP contribution is 2.26. The van der Waals surface area contributed by atoms with E-state index >= 15 is 0 Å². The SMILES string of the molecule is CCCC(=O)Nc1ccc2nc(-c3ccc(CC)cc3)oc2c1. The molecule has 0 radical (unpaired) electrons. The molecule has 0 saturated carbocycles. The van der Waals surface area contributed by atoms with Gasteiger partial charge in [0.15, 0.2) is 5.58 Å². The minimum Gasteiger partial charge on any atom is -0.436 e. The molecule has 0 aliphatic heterocycles. The molecule has 1 amide bonds. The molecule has 4 nitrogen and oxygen atoms in total. The molecular weight excluding hydrogens is 288 g/mol. The van der Waals surface area contributed by atoms with Gasteiger partial charge in [-0.3, -0.25) is 4.79 Å². The van der Waals surface area contributed by atoms with Crippen LogP contribution >= 0.6 is 0 Å². The van der Waals surface area contributed by atoms with Gasteiger partial charge in [0, 0.05) is 23.7 Å². The maximum Gasteiger partial charge on any atom is 0.227 e. The van der Waals surface area contributed by atoms with Crippen LogP contribution in [0.4, 0.5) is 5.69 Å². The maximum absolute atomic E-state index is 11.7. The first-order valence-corrected chi connectivity index (χ1v) is 7.99. The maximum atomic E-state index is 11.7. The number of anilines is 1. The van der Waals surface area contributed by atoms with Gasteiger partial charge in [0.1, 0.15) is 5.52 Å². The van der Waals surface area contributed by atoms with E-state index in [1.54, 1.807) is 0 Å². The van der Waals surface area contributed by atoms with E-state index in [0.717, 1.165) is 29.6 Å². The van der Waals surface area contributed by atoms with E-state index in [1.165, 1.54) is 5.56 Å². The van der Waals surface area contributed by atoms with Crippen molar-refractivity contribution in [1.29, 1.82) is 0 Å². The van der Waals surface area contributed by atoms with Gasteiger partial charge in [-0.15, -0.1) is 0 Å². The summed E-state index contributed by atoms with van der Waals surface area (Å²) in [5.41, 5.74) is 4.43. The van der Waals surface area contributed by atoms with Crippen LogP contribution in [0, 0.1) is 0 Å². The molecule has 2 aromatic carbocycles. The fourth-order valence-corrected chi connectivity index (χ4v) is 2.46. The Kier molecular flexibility index (Phi) is 4.42. The van der Waals surface area contributed by atoms with Crippen molar-refractivity contribution in [2.45, 2.75) is 33.1 Å². The third-order valence-corrected chi connectivity index (χ3v) is 3.76. The second-order valence-corrected chi connectivity index (χ2v) is 5.55. The molecule has 23 heavy (non-hydrogen) atoms. The Bertz CT molecular complexity index is 819. The first-order valence-electron chi connectivity index (χ1n) is 7.99. The Labute approximate surface area is 135 Å². The smallest absolute Gasteiger partial charge is 0.227 e. The number of fused-ring (bicyclic) bond motifs is 1. The van der Waals surface area contributed by atoms with Crippen LogP contribution in [0.1, 0.15) is 32.3 Å². The van der Waals surface area contributed by atoms with Gasteiger partial charge >= 0.3 is 0 Å². The first kappa shape index (κ1) is 15.3. The van der Waals surface area contributed by atoms with Crippen LogP contribution < -0.4 is 5.32 Å². The molecule has 118 valence electrons. The van der Waals surface area contributed by atoms with Crippen molar-refractivity contribution < 1.29 is 9.21 Å². The highest BCUT2D eigenvalue weighted by molar-refractivity contribution is 5.92. The van der Waals surface area contributed by atoms with Crippen LogP contribution in [-0.4, -0.2) is 10.9 Å². The van der Waals surface area contributed by atoms with E-state index in [2.05, 4.69) is 29.4 Å². The molecule has 4 heteroatoms. The molecule has 1 aromatic heterocycles. The highest BCUT2D eigenvalue weighted by atomic mass is 16.3. The van der Waals surface area contributed by atoms with Gasteiger partial charge in [-0.1, -0.05) is 26.0 Å². The van der Waals surface area contributed by atoms with E-state index in [9.17, 15) is 4.79 Å². The van der Waals surface area contributed by atoms with E-state index < -0.39 is 0 Å². The van der Waals surface area contributed by atoms with Crippen molar-refractivity contribution in [3.63, 3.8) is 0 Å². The molecule has 0 saturated heterocycles. The molecule has 0 bridgehead atoms. The number of oxazole rings is 1. The zero-order chi connectivity index (χ0) is 16.2. The monoisotopic (exact) mass is 308 g/mol. The number of aryl methyl sites for hydroxylation is 1. The van der Waals surface area contributed by atoms with Gasteiger partial charge in [0.2, 0.25) is 11.8 Å². The lowest BCUT2D eigenvalue weighted by Crippen LogP contribution is -2.10. The Morgan fingerprint density at radius 3 is 2.61 bits per heavy atom. The molecule has 0 aliphatic carbocycles. The van der Waals surface area contributed by atoms with Crippen molar-refractivity contribution >= 4 is 22.7 Å². The Balaban J connectivity index is 1.87. The van der Waals surface area contributed by atoms with Crippen molar-refractivity contribution in [3.05, 3.63) is 48.0 Å². The average Bonchev–Trinajstić information content (AvgIpc) is 2.98. The fourth-order valence-electron chi connectivity index (χ4n) is 2.46. The first-order chi connectivity index (χ1) is 11.2. The van der Waals surface area contributed by atoms with Crippen molar-refractivity contribution in [2.24, 2.45) is 0 Å². The van der Waals surface area contributed by atoms with E-state index in [0.29, 0.717) is 17.9 Å². The topological polar surface area (TPSA) is 55.1 Å². The summed E-state index contributed by atoms with van der Waals surface area (Å²) in [7, 11) is 0.